The number of pyridine rings is 1. The summed E-state index contributed by atoms with van der Waals surface area (Å²) in [5, 5.41) is 3.42. The first kappa shape index (κ1) is 14.0. The molecule has 0 spiro atoms. The minimum atomic E-state index is -0.309. The van der Waals surface area contributed by atoms with E-state index in [9.17, 15) is 4.39 Å². The Morgan fingerprint density at radius 3 is 2.68 bits per heavy atom. The summed E-state index contributed by atoms with van der Waals surface area (Å²) in [6.45, 7) is 4.12. The Labute approximate surface area is 121 Å². The molecular formula is C15H16BrFN2. The summed E-state index contributed by atoms with van der Waals surface area (Å²) in [7, 11) is 0. The van der Waals surface area contributed by atoms with E-state index in [0.29, 0.717) is 0 Å². The van der Waals surface area contributed by atoms with E-state index in [2.05, 4.69) is 39.2 Å². The lowest BCUT2D eigenvalue weighted by atomic mass is 10.1. The number of hydrogen-bond donors (Lipinski definition) is 1. The van der Waals surface area contributed by atoms with E-state index in [1.165, 1.54) is 17.8 Å². The predicted octanol–water partition coefficient (Wildman–Crippen LogP) is 4.85. The molecule has 1 aromatic carbocycles. The maximum Gasteiger partial charge on any atom is 0.141 e. The number of anilines is 1. The number of hydrogen-bond acceptors (Lipinski definition) is 2. The molecular weight excluding hydrogens is 307 g/mol. The number of aromatic nitrogens is 1. The van der Waals surface area contributed by atoms with E-state index < -0.39 is 0 Å². The van der Waals surface area contributed by atoms with Crippen molar-refractivity contribution >= 4 is 21.6 Å². The van der Waals surface area contributed by atoms with E-state index >= 15 is 0 Å². The van der Waals surface area contributed by atoms with Gasteiger partial charge >= 0.3 is 0 Å². The molecule has 0 fully saturated rings. The van der Waals surface area contributed by atoms with Crippen LogP contribution in [0.1, 0.15) is 30.6 Å². The summed E-state index contributed by atoms with van der Waals surface area (Å²) in [5.41, 5.74) is 3.06. The lowest BCUT2D eigenvalue weighted by Gasteiger charge is -2.18. The second kappa shape index (κ2) is 6.15. The number of nitrogens with one attached hydrogen (secondary N) is 1. The van der Waals surface area contributed by atoms with Gasteiger partial charge in [-0.3, -0.25) is 4.98 Å². The normalized spacial score (nSPS) is 12.2. The van der Waals surface area contributed by atoms with Crippen molar-refractivity contribution in [1.82, 2.24) is 4.98 Å². The van der Waals surface area contributed by atoms with Crippen LogP contribution in [0.25, 0.3) is 0 Å². The molecule has 1 heterocycles. The molecule has 1 atom stereocenters. The minimum absolute atomic E-state index is 0.0789. The molecule has 0 saturated heterocycles. The largest absolute Gasteiger partial charge is 0.377 e. The Kier molecular flexibility index (Phi) is 4.53. The monoisotopic (exact) mass is 322 g/mol. The SMILES string of the molecule is CCC(Nc1ccc(C)c(Br)c1)c1ccc(F)cn1. The van der Waals surface area contributed by atoms with Crippen LogP contribution in [0.2, 0.25) is 0 Å². The number of aryl methyl sites for hydroxylation is 1. The second-order valence-corrected chi connectivity index (χ2v) is 5.32. The predicted molar refractivity (Wildman–Crippen MR) is 79.7 cm³/mol. The fourth-order valence-corrected chi connectivity index (χ4v) is 2.24. The van der Waals surface area contributed by atoms with Gasteiger partial charge in [0.25, 0.3) is 0 Å². The van der Waals surface area contributed by atoms with Gasteiger partial charge in [0, 0.05) is 10.2 Å². The van der Waals surface area contributed by atoms with Gasteiger partial charge in [0.15, 0.2) is 0 Å². The van der Waals surface area contributed by atoms with Gasteiger partial charge in [-0.25, -0.2) is 4.39 Å². The number of halogens is 2. The minimum Gasteiger partial charge on any atom is -0.377 e. The average molecular weight is 323 g/mol. The van der Waals surface area contributed by atoms with E-state index in [4.69, 9.17) is 0 Å². The highest BCUT2D eigenvalue weighted by atomic mass is 79.9. The van der Waals surface area contributed by atoms with Crippen molar-refractivity contribution in [3.63, 3.8) is 0 Å². The van der Waals surface area contributed by atoms with Crippen molar-refractivity contribution in [3.8, 4) is 0 Å². The molecule has 2 nitrogen and oxygen atoms in total. The van der Waals surface area contributed by atoms with Crippen LogP contribution in [0.15, 0.2) is 41.0 Å². The lowest BCUT2D eigenvalue weighted by Crippen LogP contribution is -2.11. The van der Waals surface area contributed by atoms with Gasteiger partial charge in [-0.1, -0.05) is 28.9 Å². The first-order valence-corrected chi connectivity index (χ1v) is 7.03. The number of nitrogens with zero attached hydrogens (tertiary/aromatic N) is 1. The highest BCUT2D eigenvalue weighted by Gasteiger charge is 2.11. The summed E-state index contributed by atoms with van der Waals surface area (Å²) in [4.78, 5) is 4.14. The Hall–Kier alpha value is -1.42. The van der Waals surface area contributed by atoms with Crippen molar-refractivity contribution in [2.45, 2.75) is 26.3 Å². The molecule has 4 heteroatoms. The topological polar surface area (TPSA) is 24.9 Å². The Morgan fingerprint density at radius 2 is 2.11 bits per heavy atom. The van der Waals surface area contributed by atoms with Crippen molar-refractivity contribution in [2.24, 2.45) is 0 Å². The van der Waals surface area contributed by atoms with Gasteiger partial charge < -0.3 is 5.32 Å². The maximum atomic E-state index is 12.9. The molecule has 0 amide bonds. The van der Waals surface area contributed by atoms with Crippen molar-refractivity contribution < 1.29 is 4.39 Å². The molecule has 0 aliphatic carbocycles. The Balaban J connectivity index is 2.18. The molecule has 1 N–H and O–H groups in total. The summed E-state index contributed by atoms with van der Waals surface area (Å²) in [6, 6.07) is 9.37. The summed E-state index contributed by atoms with van der Waals surface area (Å²) in [5.74, 6) is -0.309. The quantitative estimate of drug-likeness (QED) is 0.869. The molecule has 100 valence electrons. The molecule has 0 radical (unpaired) electrons. The summed E-state index contributed by atoms with van der Waals surface area (Å²) >= 11 is 3.52. The molecule has 2 aromatic rings. The zero-order chi connectivity index (χ0) is 13.8. The first-order chi connectivity index (χ1) is 9.10. The van der Waals surface area contributed by atoms with Gasteiger partial charge in [-0.2, -0.15) is 0 Å². The lowest BCUT2D eigenvalue weighted by molar-refractivity contribution is 0.614. The van der Waals surface area contributed by atoms with Crippen LogP contribution in [0.4, 0.5) is 10.1 Å². The highest BCUT2D eigenvalue weighted by Crippen LogP contribution is 2.25. The average Bonchev–Trinajstić information content (AvgIpc) is 2.41. The van der Waals surface area contributed by atoms with E-state index in [0.717, 1.165) is 22.3 Å². The van der Waals surface area contributed by atoms with E-state index in [1.807, 2.05) is 19.1 Å². The maximum absolute atomic E-state index is 12.9. The third-order valence-corrected chi connectivity index (χ3v) is 3.88. The first-order valence-electron chi connectivity index (χ1n) is 6.24. The van der Waals surface area contributed by atoms with Crippen molar-refractivity contribution in [1.29, 1.82) is 0 Å². The zero-order valence-corrected chi connectivity index (χ0v) is 12.5. The molecule has 2 rings (SSSR count). The van der Waals surface area contributed by atoms with Crippen LogP contribution >= 0.6 is 15.9 Å². The molecule has 19 heavy (non-hydrogen) atoms. The van der Waals surface area contributed by atoms with Crippen molar-refractivity contribution in [3.05, 3.63) is 58.1 Å². The van der Waals surface area contributed by atoms with Crippen LogP contribution in [0.3, 0.4) is 0 Å². The van der Waals surface area contributed by atoms with Gasteiger partial charge in [-0.15, -0.1) is 0 Å². The van der Waals surface area contributed by atoms with Crippen LogP contribution in [0, 0.1) is 12.7 Å². The number of benzene rings is 1. The molecule has 0 aliphatic rings. The smallest absolute Gasteiger partial charge is 0.141 e. The third-order valence-electron chi connectivity index (χ3n) is 3.03. The second-order valence-electron chi connectivity index (χ2n) is 4.47. The highest BCUT2D eigenvalue weighted by molar-refractivity contribution is 9.10. The fourth-order valence-electron chi connectivity index (χ4n) is 1.86. The Morgan fingerprint density at radius 1 is 1.32 bits per heavy atom. The molecule has 0 aliphatic heterocycles. The summed E-state index contributed by atoms with van der Waals surface area (Å²) < 4.78 is 14.0. The molecule has 0 bridgehead atoms. The van der Waals surface area contributed by atoms with E-state index in [-0.39, 0.29) is 11.9 Å². The van der Waals surface area contributed by atoms with Crippen molar-refractivity contribution in [2.75, 3.05) is 5.32 Å². The van der Waals surface area contributed by atoms with Gasteiger partial charge in [0.2, 0.25) is 0 Å². The number of rotatable bonds is 4. The standard InChI is InChI=1S/C15H16BrFN2/c1-3-14(15-7-5-11(17)9-18-15)19-12-6-4-10(2)13(16)8-12/h4-9,14,19H,3H2,1-2H3. The van der Waals surface area contributed by atoms with E-state index in [1.54, 1.807) is 6.07 Å². The fraction of sp³-hybridized carbons (Fsp3) is 0.267. The van der Waals surface area contributed by atoms with Crippen LogP contribution in [0.5, 0.6) is 0 Å². The summed E-state index contributed by atoms with van der Waals surface area (Å²) in [6.07, 6.45) is 2.13. The molecule has 1 unspecified atom stereocenters. The molecule has 0 saturated carbocycles. The van der Waals surface area contributed by atoms with Crippen LogP contribution in [-0.2, 0) is 0 Å². The van der Waals surface area contributed by atoms with Crippen LogP contribution in [-0.4, -0.2) is 4.98 Å². The van der Waals surface area contributed by atoms with Gasteiger partial charge in [0.1, 0.15) is 5.82 Å². The Bertz CT molecular complexity index is 555. The zero-order valence-electron chi connectivity index (χ0n) is 11.0. The molecule has 1 aromatic heterocycles. The van der Waals surface area contributed by atoms with Gasteiger partial charge in [0.05, 0.1) is 17.9 Å². The van der Waals surface area contributed by atoms with Crippen LogP contribution < -0.4 is 5.32 Å². The van der Waals surface area contributed by atoms with Gasteiger partial charge in [-0.05, 0) is 43.2 Å². The third kappa shape index (κ3) is 3.53.